The number of nitrogens with zero attached hydrogens (tertiary/aromatic N) is 3. The molecule has 5 nitrogen and oxygen atoms in total. The van der Waals surface area contributed by atoms with Gasteiger partial charge in [-0.05, 0) is 18.2 Å². The third-order valence-corrected chi connectivity index (χ3v) is 3.57. The first-order chi connectivity index (χ1) is 8.56. The van der Waals surface area contributed by atoms with Crippen LogP contribution in [0, 0.1) is 10.1 Å². The molecule has 0 amide bonds. The van der Waals surface area contributed by atoms with Gasteiger partial charge in [0.1, 0.15) is 12.0 Å². The predicted molar refractivity (Wildman–Crippen MR) is 72.3 cm³/mol. The summed E-state index contributed by atoms with van der Waals surface area (Å²) >= 11 is 7.36. The van der Waals surface area contributed by atoms with Gasteiger partial charge in [0.2, 0.25) is 0 Å². The van der Waals surface area contributed by atoms with E-state index in [2.05, 4.69) is 4.98 Å². The number of thiophene rings is 1. The summed E-state index contributed by atoms with van der Waals surface area (Å²) in [6, 6.07) is 6.88. The highest BCUT2D eigenvalue weighted by Gasteiger charge is 2.09. The van der Waals surface area contributed by atoms with E-state index in [1.165, 1.54) is 23.6 Å². The zero-order valence-corrected chi connectivity index (χ0v) is 11.1. The van der Waals surface area contributed by atoms with Gasteiger partial charge in [-0.1, -0.05) is 11.6 Å². The van der Waals surface area contributed by atoms with Crippen LogP contribution < -0.4 is 4.90 Å². The molecule has 0 aliphatic heterocycles. The maximum Gasteiger partial charge on any atom is 0.287 e. The molecule has 0 radical (unpaired) electrons. The molecule has 0 fully saturated rings. The number of nitro groups is 1. The predicted octanol–water partition coefficient (Wildman–Crippen LogP) is 3.34. The first-order valence-corrected chi connectivity index (χ1v) is 6.31. The molecule has 0 spiro atoms. The summed E-state index contributed by atoms with van der Waals surface area (Å²) in [6.07, 6.45) is 1.26. The molecule has 0 saturated heterocycles. The highest BCUT2D eigenvalue weighted by molar-refractivity contribution is 7.16. The lowest BCUT2D eigenvalue weighted by Crippen LogP contribution is -2.16. The van der Waals surface area contributed by atoms with Crippen molar-refractivity contribution in [1.82, 2.24) is 4.98 Å². The summed E-state index contributed by atoms with van der Waals surface area (Å²) in [4.78, 5) is 17.1. The molecule has 2 heterocycles. The molecular weight excluding hydrogens is 274 g/mol. The highest BCUT2D eigenvalue weighted by atomic mass is 35.5. The van der Waals surface area contributed by atoms with Crippen molar-refractivity contribution in [2.75, 3.05) is 11.9 Å². The van der Waals surface area contributed by atoms with E-state index >= 15 is 0 Å². The highest BCUT2D eigenvalue weighted by Crippen LogP contribution is 2.24. The fourth-order valence-corrected chi connectivity index (χ4v) is 2.60. The average Bonchev–Trinajstić information content (AvgIpc) is 2.75. The Bertz CT molecular complexity index is 556. The fraction of sp³-hybridized carbons (Fsp3) is 0.182. The molecular formula is C11H10ClN3O2S. The molecule has 7 heteroatoms. The lowest BCUT2D eigenvalue weighted by molar-refractivity contribution is -0.385. The maximum absolute atomic E-state index is 10.5. The van der Waals surface area contributed by atoms with Crippen LogP contribution in [0.5, 0.6) is 0 Å². The summed E-state index contributed by atoms with van der Waals surface area (Å²) < 4.78 is 0.745. The lowest BCUT2D eigenvalue weighted by Gasteiger charge is -2.16. The van der Waals surface area contributed by atoms with Crippen LogP contribution in [0.1, 0.15) is 4.88 Å². The normalized spacial score (nSPS) is 10.3. The van der Waals surface area contributed by atoms with E-state index in [4.69, 9.17) is 11.6 Å². The van der Waals surface area contributed by atoms with Gasteiger partial charge in [-0.25, -0.2) is 4.98 Å². The zero-order valence-electron chi connectivity index (χ0n) is 9.54. The van der Waals surface area contributed by atoms with Crippen LogP contribution in [-0.2, 0) is 6.54 Å². The molecule has 2 aromatic heterocycles. The molecule has 94 valence electrons. The summed E-state index contributed by atoms with van der Waals surface area (Å²) in [6.45, 7) is 0.669. The number of halogens is 1. The zero-order chi connectivity index (χ0) is 13.1. The maximum atomic E-state index is 10.5. The summed E-state index contributed by atoms with van der Waals surface area (Å²) in [5.41, 5.74) is -0.00804. The molecule has 0 atom stereocenters. The van der Waals surface area contributed by atoms with Gasteiger partial charge in [-0.2, -0.15) is 0 Å². The van der Waals surface area contributed by atoms with Gasteiger partial charge in [0, 0.05) is 18.0 Å². The minimum absolute atomic E-state index is 0.00804. The van der Waals surface area contributed by atoms with Crippen molar-refractivity contribution in [1.29, 1.82) is 0 Å². The smallest absolute Gasteiger partial charge is 0.287 e. The minimum atomic E-state index is -0.462. The quantitative estimate of drug-likeness (QED) is 0.638. The van der Waals surface area contributed by atoms with Crippen LogP contribution in [0.4, 0.5) is 11.5 Å². The molecule has 0 aliphatic carbocycles. The molecule has 0 unspecified atom stereocenters. The summed E-state index contributed by atoms with van der Waals surface area (Å²) in [5.74, 6) is 0.685. The molecule has 0 aliphatic rings. The van der Waals surface area contributed by atoms with Crippen molar-refractivity contribution in [2.24, 2.45) is 0 Å². The number of rotatable bonds is 4. The standard InChI is InChI=1S/C11H10ClN3O2S/c1-14(7-9-3-4-10(12)18-9)11-5-2-8(6-13-11)15(16)17/h2-6H,7H2,1H3. The summed E-state index contributed by atoms with van der Waals surface area (Å²) in [5, 5.41) is 10.5. The first kappa shape index (κ1) is 12.8. The van der Waals surface area contributed by atoms with E-state index in [9.17, 15) is 10.1 Å². The minimum Gasteiger partial charge on any atom is -0.355 e. The third-order valence-electron chi connectivity index (χ3n) is 2.36. The fourth-order valence-electron chi connectivity index (χ4n) is 1.46. The van der Waals surface area contributed by atoms with Crippen LogP contribution in [0.15, 0.2) is 30.5 Å². The van der Waals surface area contributed by atoms with Crippen molar-refractivity contribution in [3.8, 4) is 0 Å². The van der Waals surface area contributed by atoms with E-state index < -0.39 is 4.92 Å². The van der Waals surface area contributed by atoms with Crippen molar-refractivity contribution in [3.63, 3.8) is 0 Å². The van der Waals surface area contributed by atoms with Crippen molar-refractivity contribution >= 4 is 34.4 Å². The Kier molecular flexibility index (Phi) is 3.78. The van der Waals surface area contributed by atoms with Gasteiger partial charge in [0.25, 0.3) is 5.69 Å². The Morgan fingerprint density at radius 1 is 1.44 bits per heavy atom. The number of pyridine rings is 1. The Morgan fingerprint density at radius 2 is 2.22 bits per heavy atom. The van der Waals surface area contributed by atoms with Gasteiger partial charge in [0.05, 0.1) is 15.8 Å². The molecule has 0 saturated carbocycles. The largest absolute Gasteiger partial charge is 0.355 e. The van der Waals surface area contributed by atoms with Gasteiger partial charge in [-0.15, -0.1) is 11.3 Å². The van der Waals surface area contributed by atoms with Gasteiger partial charge in [0.15, 0.2) is 0 Å². The number of aromatic nitrogens is 1. The Morgan fingerprint density at radius 3 is 2.72 bits per heavy atom. The van der Waals surface area contributed by atoms with Crippen LogP contribution in [-0.4, -0.2) is 17.0 Å². The average molecular weight is 284 g/mol. The third kappa shape index (κ3) is 2.96. The van der Waals surface area contributed by atoms with Crippen molar-refractivity contribution < 1.29 is 4.92 Å². The molecule has 2 rings (SSSR count). The van der Waals surface area contributed by atoms with Crippen LogP contribution in [0.3, 0.4) is 0 Å². The Balaban J connectivity index is 2.09. The summed E-state index contributed by atoms with van der Waals surface area (Å²) in [7, 11) is 1.88. The molecule has 0 N–H and O–H groups in total. The van der Waals surface area contributed by atoms with Crippen LogP contribution in [0.25, 0.3) is 0 Å². The molecule has 0 aromatic carbocycles. The molecule has 18 heavy (non-hydrogen) atoms. The van der Waals surface area contributed by atoms with E-state index in [0.717, 1.165) is 9.21 Å². The lowest BCUT2D eigenvalue weighted by atomic mass is 10.3. The SMILES string of the molecule is CN(Cc1ccc(Cl)s1)c1ccc([N+](=O)[O-])cn1. The Hall–Kier alpha value is -1.66. The van der Waals surface area contributed by atoms with E-state index in [0.29, 0.717) is 12.4 Å². The van der Waals surface area contributed by atoms with Crippen LogP contribution in [0.2, 0.25) is 4.34 Å². The first-order valence-electron chi connectivity index (χ1n) is 5.12. The van der Waals surface area contributed by atoms with Crippen molar-refractivity contribution in [2.45, 2.75) is 6.54 Å². The second kappa shape index (κ2) is 5.32. The second-order valence-corrected chi connectivity index (χ2v) is 5.49. The van der Waals surface area contributed by atoms with E-state index in [-0.39, 0.29) is 5.69 Å². The number of anilines is 1. The number of hydrogen-bond donors (Lipinski definition) is 0. The van der Waals surface area contributed by atoms with Crippen LogP contribution >= 0.6 is 22.9 Å². The Labute approximate surface area is 113 Å². The van der Waals surface area contributed by atoms with Gasteiger partial charge < -0.3 is 4.90 Å². The van der Waals surface area contributed by atoms with E-state index in [1.807, 2.05) is 24.1 Å². The molecule has 0 bridgehead atoms. The van der Waals surface area contributed by atoms with Gasteiger partial charge in [-0.3, -0.25) is 10.1 Å². The topological polar surface area (TPSA) is 59.3 Å². The number of hydrogen-bond acceptors (Lipinski definition) is 5. The van der Waals surface area contributed by atoms with Gasteiger partial charge >= 0.3 is 0 Å². The monoisotopic (exact) mass is 283 g/mol. The molecule has 2 aromatic rings. The van der Waals surface area contributed by atoms with Crippen molar-refractivity contribution in [3.05, 3.63) is 49.8 Å². The van der Waals surface area contributed by atoms with E-state index in [1.54, 1.807) is 6.07 Å². The second-order valence-electron chi connectivity index (χ2n) is 3.69.